The van der Waals surface area contributed by atoms with Gasteiger partial charge in [-0.3, -0.25) is 9.20 Å². The number of imidazole rings is 1. The zero-order valence-electron chi connectivity index (χ0n) is 24.9. The van der Waals surface area contributed by atoms with Gasteiger partial charge >= 0.3 is 6.18 Å². The maximum Gasteiger partial charge on any atom is 0.416 e. The highest BCUT2D eigenvalue weighted by Crippen LogP contribution is 2.35. The van der Waals surface area contributed by atoms with E-state index in [2.05, 4.69) is 32.7 Å². The molecule has 1 aliphatic rings. The lowest BCUT2D eigenvalue weighted by Gasteiger charge is -2.28. The number of anilines is 4. The number of aromatic nitrogens is 4. The third-order valence-corrected chi connectivity index (χ3v) is 8.48. The number of carbonyl (C=O) groups is 1. The molecule has 4 heterocycles. The fourth-order valence-electron chi connectivity index (χ4n) is 5.44. The molecule has 0 aliphatic carbocycles. The largest absolute Gasteiger partial charge is 0.416 e. The fraction of sp³-hybridized carbons (Fsp3) is 0.176. The number of halogens is 3. The molecule has 0 saturated carbocycles. The van der Waals surface area contributed by atoms with Crippen molar-refractivity contribution in [3.63, 3.8) is 0 Å². The number of thiazole rings is 1. The van der Waals surface area contributed by atoms with Crippen LogP contribution in [0, 0.1) is 0 Å². The maximum atomic E-state index is 12.9. The zero-order chi connectivity index (χ0) is 32.4. The van der Waals surface area contributed by atoms with Crippen LogP contribution in [0.5, 0.6) is 0 Å². The Morgan fingerprint density at radius 2 is 1.72 bits per heavy atom. The zero-order valence-corrected chi connectivity index (χ0v) is 25.7. The van der Waals surface area contributed by atoms with Gasteiger partial charge in [-0.15, -0.1) is 11.3 Å². The van der Waals surface area contributed by atoms with Crippen LogP contribution in [0.15, 0.2) is 96.6 Å². The van der Waals surface area contributed by atoms with E-state index in [-0.39, 0.29) is 12.3 Å². The predicted molar refractivity (Wildman–Crippen MR) is 176 cm³/mol. The number of morpholine rings is 1. The van der Waals surface area contributed by atoms with Crippen molar-refractivity contribution >= 4 is 45.2 Å². The molecule has 47 heavy (non-hydrogen) atoms. The van der Waals surface area contributed by atoms with E-state index < -0.39 is 11.7 Å². The number of benzene rings is 3. The minimum atomic E-state index is -4.43. The van der Waals surface area contributed by atoms with Gasteiger partial charge in [0, 0.05) is 53.5 Å². The Morgan fingerprint density at radius 3 is 2.49 bits per heavy atom. The molecule has 13 heteroatoms. The number of rotatable bonds is 8. The normalized spacial score (nSPS) is 13.6. The summed E-state index contributed by atoms with van der Waals surface area (Å²) in [6.07, 6.45) is -0.872. The molecule has 2 N–H and O–H groups in total. The number of hydrogen-bond donors (Lipinski definition) is 2. The SMILES string of the molecule is O=C(Cc1ccc(C(F)(F)F)cc1)Nc1cccc(-c2nc3sccn3c2-c2ccnc(Nc3ccc(N4CCOCC4)cc3)n2)c1. The van der Waals surface area contributed by atoms with Gasteiger partial charge in [-0.05, 0) is 60.2 Å². The first kappa shape index (κ1) is 30.4. The van der Waals surface area contributed by atoms with E-state index >= 15 is 0 Å². The molecular weight excluding hydrogens is 627 g/mol. The Balaban J connectivity index is 1.11. The van der Waals surface area contributed by atoms with Crippen molar-refractivity contribution in [1.82, 2.24) is 19.4 Å². The van der Waals surface area contributed by atoms with Crippen molar-refractivity contribution in [3.05, 3.63) is 108 Å². The van der Waals surface area contributed by atoms with Gasteiger partial charge in [0.05, 0.1) is 36.6 Å². The highest BCUT2D eigenvalue weighted by molar-refractivity contribution is 7.15. The second-order valence-corrected chi connectivity index (χ2v) is 11.8. The van der Waals surface area contributed by atoms with Crippen LogP contribution in [0.25, 0.3) is 27.6 Å². The number of carbonyl (C=O) groups excluding carboxylic acids is 1. The van der Waals surface area contributed by atoms with Crippen LogP contribution in [0.3, 0.4) is 0 Å². The van der Waals surface area contributed by atoms with Crippen LogP contribution in [0.4, 0.5) is 36.2 Å². The number of nitrogens with zero attached hydrogens (tertiary/aromatic N) is 5. The molecule has 1 fully saturated rings. The van der Waals surface area contributed by atoms with Gasteiger partial charge in [-0.2, -0.15) is 13.2 Å². The molecule has 9 nitrogen and oxygen atoms in total. The first-order valence-corrected chi connectivity index (χ1v) is 15.7. The number of ether oxygens (including phenoxy) is 1. The molecule has 1 aliphatic heterocycles. The molecule has 1 amide bonds. The number of alkyl halides is 3. The minimum absolute atomic E-state index is 0.0690. The lowest BCUT2D eigenvalue weighted by atomic mass is 10.1. The molecule has 3 aromatic heterocycles. The first-order valence-electron chi connectivity index (χ1n) is 14.9. The molecule has 3 aromatic carbocycles. The molecule has 6 aromatic rings. The molecule has 0 spiro atoms. The van der Waals surface area contributed by atoms with Crippen molar-refractivity contribution in [2.24, 2.45) is 0 Å². The van der Waals surface area contributed by atoms with E-state index in [0.717, 1.165) is 66.0 Å². The summed E-state index contributed by atoms with van der Waals surface area (Å²) in [5.41, 5.74) is 5.10. The second-order valence-electron chi connectivity index (χ2n) is 10.9. The molecule has 1 saturated heterocycles. The Kier molecular flexibility index (Phi) is 8.31. The van der Waals surface area contributed by atoms with Crippen LogP contribution in [0.2, 0.25) is 0 Å². The Morgan fingerprint density at radius 1 is 0.936 bits per heavy atom. The smallest absolute Gasteiger partial charge is 0.378 e. The highest BCUT2D eigenvalue weighted by atomic mass is 32.1. The van der Waals surface area contributed by atoms with E-state index in [1.807, 2.05) is 52.4 Å². The molecule has 0 bridgehead atoms. The Hall–Kier alpha value is -5.27. The maximum absolute atomic E-state index is 12.9. The summed E-state index contributed by atoms with van der Waals surface area (Å²) < 4.78 is 46.1. The fourth-order valence-corrected chi connectivity index (χ4v) is 6.15. The van der Waals surface area contributed by atoms with E-state index in [1.54, 1.807) is 12.3 Å². The third-order valence-electron chi connectivity index (χ3n) is 7.73. The summed E-state index contributed by atoms with van der Waals surface area (Å²) in [7, 11) is 0. The summed E-state index contributed by atoms with van der Waals surface area (Å²) >= 11 is 1.49. The van der Waals surface area contributed by atoms with Crippen molar-refractivity contribution in [1.29, 1.82) is 0 Å². The van der Waals surface area contributed by atoms with E-state index in [4.69, 9.17) is 14.7 Å². The quantitative estimate of drug-likeness (QED) is 0.178. The monoisotopic (exact) mass is 655 g/mol. The summed E-state index contributed by atoms with van der Waals surface area (Å²) in [5.74, 6) is 0.0829. The number of amides is 1. The summed E-state index contributed by atoms with van der Waals surface area (Å²) in [6, 6.07) is 21.8. The van der Waals surface area contributed by atoms with Crippen LogP contribution >= 0.6 is 11.3 Å². The van der Waals surface area contributed by atoms with Crippen LogP contribution < -0.4 is 15.5 Å². The topological polar surface area (TPSA) is 96.7 Å². The Bertz CT molecular complexity index is 2020. The number of hydrogen-bond acceptors (Lipinski definition) is 8. The van der Waals surface area contributed by atoms with E-state index in [0.29, 0.717) is 28.6 Å². The highest BCUT2D eigenvalue weighted by Gasteiger charge is 2.30. The molecule has 0 unspecified atom stereocenters. The standard InChI is InChI=1S/C34H28F3N7O2S/c35-34(36,37)24-6-4-22(5-7-24)20-29(45)39-26-3-1-2-23(21-26)30-31(44-16-19-47-33(44)42-30)28-12-13-38-32(41-28)40-25-8-10-27(11-9-25)43-14-17-46-18-15-43/h1-13,16,19,21H,14-15,17-18,20H2,(H,39,45)(H,38,40,41). The molecule has 0 radical (unpaired) electrons. The predicted octanol–water partition coefficient (Wildman–Crippen LogP) is 7.30. The van der Waals surface area contributed by atoms with Gasteiger partial charge in [0.1, 0.15) is 5.69 Å². The van der Waals surface area contributed by atoms with Gasteiger partial charge in [-0.1, -0.05) is 24.3 Å². The van der Waals surface area contributed by atoms with Crippen molar-refractivity contribution < 1.29 is 22.7 Å². The second kappa shape index (κ2) is 12.9. The van der Waals surface area contributed by atoms with Crippen LogP contribution in [0.1, 0.15) is 11.1 Å². The van der Waals surface area contributed by atoms with Crippen LogP contribution in [-0.4, -0.2) is 51.6 Å². The number of fused-ring (bicyclic) bond motifs is 1. The van der Waals surface area contributed by atoms with Crippen molar-refractivity contribution in [2.75, 3.05) is 41.8 Å². The third kappa shape index (κ3) is 6.81. The first-order chi connectivity index (χ1) is 22.8. The molecule has 0 atom stereocenters. The lowest BCUT2D eigenvalue weighted by molar-refractivity contribution is -0.137. The minimum Gasteiger partial charge on any atom is -0.378 e. The number of nitrogens with one attached hydrogen (secondary N) is 2. The van der Waals surface area contributed by atoms with Crippen LogP contribution in [-0.2, 0) is 22.1 Å². The average Bonchev–Trinajstić information content (AvgIpc) is 3.68. The van der Waals surface area contributed by atoms with E-state index in [9.17, 15) is 18.0 Å². The van der Waals surface area contributed by atoms with Gasteiger partial charge < -0.3 is 20.3 Å². The molecular formula is C34H28F3N7O2S. The average molecular weight is 656 g/mol. The van der Waals surface area contributed by atoms with E-state index in [1.165, 1.54) is 23.5 Å². The summed E-state index contributed by atoms with van der Waals surface area (Å²) in [6.45, 7) is 3.17. The van der Waals surface area contributed by atoms with Gasteiger partial charge in [0.15, 0.2) is 4.96 Å². The molecule has 238 valence electrons. The lowest BCUT2D eigenvalue weighted by Crippen LogP contribution is -2.36. The Labute approximate surface area is 271 Å². The van der Waals surface area contributed by atoms with Crippen molar-refractivity contribution in [3.8, 4) is 22.6 Å². The van der Waals surface area contributed by atoms with Gasteiger partial charge in [0.25, 0.3) is 0 Å². The molecule has 7 rings (SSSR count). The van der Waals surface area contributed by atoms with Gasteiger partial charge in [-0.25, -0.2) is 15.0 Å². The van der Waals surface area contributed by atoms with Gasteiger partial charge in [0.2, 0.25) is 11.9 Å². The summed E-state index contributed by atoms with van der Waals surface area (Å²) in [4.78, 5) is 30.0. The van der Waals surface area contributed by atoms with Crippen molar-refractivity contribution in [2.45, 2.75) is 12.6 Å². The summed E-state index contributed by atoms with van der Waals surface area (Å²) in [5, 5.41) is 8.11.